The van der Waals surface area contributed by atoms with E-state index in [1.54, 1.807) is 0 Å². The summed E-state index contributed by atoms with van der Waals surface area (Å²) in [5.41, 5.74) is -0.0106. The molecule has 0 aliphatic rings. The van der Waals surface area contributed by atoms with Crippen LogP contribution in [0.25, 0.3) is 0 Å². The van der Waals surface area contributed by atoms with Crippen molar-refractivity contribution in [2.45, 2.75) is 0 Å². The smallest absolute Gasteiger partial charge is 0.287 e. The molecule has 5 nitrogen and oxygen atoms in total. The molecule has 0 spiro atoms. The number of aliphatic hydroxyl groups is 1. The van der Waals surface area contributed by atoms with Crippen LogP contribution in [0.15, 0.2) is 16.6 Å². The predicted octanol–water partition coefficient (Wildman–Crippen LogP) is 1.41. The van der Waals surface area contributed by atoms with E-state index < -0.39 is 4.92 Å². The highest BCUT2D eigenvalue weighted by Gasteiger charge is 2.17. The number of nitro groups is 1. The van der Waals surface area contributed by atoms with Crippen molar-refractivity contribution in [1.82, 2.24) is 0 Å². The number of aromatic hydroxyl groups is 1. The molecule has 78 valence electrons. The Hall–Kier alpha value is -1.58. The van der Waals surface area contributed by atoms with Crippen LogP contribution >= 0.6 is 15.9 Å². The first kappa shape index (κ1) is 11.5. The molecule has 0 heterocycles. The van der Waals surface area contributed by atoms with Crippen molar-refractivity contribution in [3.8, 4) is 17.6 Å². The number of benzene rings is 1. The van der Waals surface area contributed by atoms with Crippen LogP contribution in [0.4, 0.5) is 5.69 Å². The lowest BCUT2D eigenvalue weighted by molar-refractivity contribution is -0.385. The van der Waals surface area contributed by atoms with E-state index in [4.69, 9.17) is 5.11 Å². The number of rotatable bonds is 1. The molecule has 0 saturated carbocycles. The summed E-state index contributed by atoms with van der Waals surface area (Å²) in [5.74, 6) is 4.50. The van der Waals surface area contributed by atoms with E-state index in [1.807, 2.05) is 0 Å². The van der Waals surface area contributed by atoms with E-state index in [2.05, 4.69) is 27.8 Å². The zero-order valence-corrected chi connectivity index (χ0v) is 8.98. The van der Waals surface area contributed by atoms with Crippen LogP contribution in [0.1, 0.15) is 5.56 Å². The lowest BCUT2D eigenvalue weighted by atomic mass is 10.2. The molecule has 0 aromatic heterocycles. The molecule has 0 saturated heterocycles. The molecule has 2 N–H and O–H groups in total. The minimum atomic E-state index is -0.618. The molecule has 0 unspecified atom stereocenters. The molecule has 0 aliphatic heterocycles. The zero-order valence-electron chi connectivity index (χ0n) is 7.40. The predicted molar refractivity (Wildman–Crippen MR) is 56.4 cm³/mol. The van der Waals surface area contributed by atoms with Gasteiger partial charge in [0.25, 0.3) is 5.69 Å². The molecule has 0 radical (unpaired) electrons. The number of hydrogen-bond acceptors (Lipinski definition) is 4. The van der Waals surface area contributed by atoms with Gasteiger partial charge in [0.05, 0.1) is 10.5 Å². The SMILES string of the molecule is O=[N+]([O-])c1ccc(C#CCO)c(O)c1Br. The topological polar surface area (TPSA) is 83.6 Å². The van der Waals surface area contributed by atoms with Crippen LogP contribution in [0.3, 0.4) is 0 Å². The van der Waals surface area contributed by atoms with Crippen LogP contribution in [0, 0.1) is 22.0 Å². The van der Waals surface area contributed by atoms with Gasteiger partial charge >= 0.3 is 0 Å². The Balaban J connectivity index is 3.27. The van der Waals surface area contributed by atoms with Gasteiger partial charge in [-0.2, -0.15) is 0 Å². The van der Waals surface area contributed by atoms with E-state index in [0.29, 0.717) is 0 Å². The number of aliphatic hydroxyl groups excluding tert-OH is 1. The zero-order chi connectivity index (χ0) is 11.4. The molecule has 0 atom stereocenters. The fourth-order valence-corrected chi connectivity index (χ4v) is 1.42. The van der Waals surface area contributed by atoms with Crippen molar-refractivity contribution < 1.29 is 15.1 Å². The fraction of sp³-hybridized carbons (Fsp3) is 0.111. The second-order valence-electron chi connectivity index (χ2n) is 2.51. The van der Waals surface area contributed by atoms with Crippen molar-refractivity contribution in [3.63, 3.8) is 0 Å². The summed E-state index contributed by atoms with van der Waals surface area (Å²) in [5, 5.41) is 28.5. The molecule has 1 rings (SSSR count). The van der Waals surface area contributed by atoms with Gasteiger partial charge in [-0.1, -0.05) is 11.8 Å². The maximum Gasteiger partial charge on any atom is 0.287 e. The summed E-state index contributed by atoms with van der Waals surface area (Å²) in [6, 6.07) is 2.55. The minimum absolute atomic E-state index is 0.0164. The standard InChI is InChI=1S/C9H6BrNO4/c10-8-7(11(14)15)4-3-6(9(8)13)2-1-5-12/h3-4,12-13H,5H2. The van der Waals surface area contributed by atoms with Crippen LogP contribution in [0.5, 0.6) is 5.75 Å². The maximum absolute atomic E-state index is 10.5. The van der Waals surface area contributed by atoms with Gasteiger partial charge in [0.1, 0.15) is 11.1 Å². The van der Waals surface area contributed by atoms with Crippen LogP contribution in [-0.2, 0) is 0 Å². The monoisotopic (exact) mass is 271 g/mol. The van der Waals surface area contributed by atoms with Gasteiger partial charge in [0.2, 0.25) is 0 Å². The molecular weight excluding hydrogens is 266 g/mol. The third-order valence-corrected chi connectivity index (χ3v) is 2.38. The Morgan fingerprint density at radius 2 is 2.20 bits per heavy atom. The van der Waals surface area contributed by atoms with E-state index in [0.717, 1.165) is 0 Å². The first-order valence-corrected chi connectivity index (χ1v) is 4.62. The van der Waals surface area contributed by atoms with Gasteiger partial charge < -0.3 is 10.2 Å². The normalized spacial score (nSPS) is 9.20. The van der Waals surface area contributed by atoms with E-state index >= 15 is 0 Å². The van der Waals surface area contributed by atoms with Gasteiger partial charge in [-0.25, -0.2) is 0 Å². The molecule has 15 heavy (non-hydrogen) atoms. The van der Waals surface area contributed by atoms with Crippen molar-refractivity contribution in [1.29, 1.82) is 0 Å². The lowest BCUT2D eigenvalue weighted by Crippen LogP contribution is -1.90. The van der Waals surface area contributed by atoms with Crippen LogP contribution in [0.2, 0.25) is 0 Å². The molecule has 1 aromatic carbocycles. The summed E-state index contributed by atoms with van der Waals surface area (Å²) in [6.45, 7) is -0.339. The molecule has 1 aromatic rings. The minimum Gasteiger partial charge on any atom is -0.505 e. The molecule has 0 aliphatic carbocycles. The molecule has 0 fully saturated rings. The average Bonchev–Trinajstić information content (AvgIpc) is 2.20. The summed E-state index contributed by atoms with van der Waals surface area (Å²) in [6.07, 6.45) is 0. The van der Waals surface area contributed by atoms with Crippen molar-refractivity contribution in [2.75, 3.05) is 6.61 Å². The second kappa shape index (κ2) is 4.77. The van der Waals surface area contributed by atoms with Crippen LogP contribution in [-0.4, -0.2) is 21.7 Å². The number of nitro benzene ring substituents is 1. The quantitative estimate of drug-likeness (QED) is 0.460. The largest absolute Gasteiger partial charge is 0.505 e. The average molecular weight is 272 g/mol. The second-order valence-corrected chi connectivity index (χ2v) is 3.30. The summed E-state index contributed by atoms with van der Waals surface area (Å²) in [4.78, 5) is 9.87. The fourth-order valence-electron chi connectivity index (χ4n) is 0.931. The van der Waals surface area contributed by atoms with E-state index in [9.17, 15) is 15.2 Å². The first-order valence-electron chi connectivity index (χ1n) is 3.83. The summed E-state index contributed by atoms with van der Waals surface area (Å²) < 4.78 is -0.0164. The van der Waals surface area contributed by atoms with Gasteiger partial charge in [-0.3, -0.25) is 10.1 Å². The van der Waals surface area contributed by atoms with Gasteiger partial charge in [0.15, 0.2) is 5.75 Å². The van der Waals surface area contributed by atoms with E-state index in [1.165, 1.54) is 12.1 Å². The molecule has 6 heteroatoms. The van der Waals surface area contributed by atoms with Gasteiger partial charge in [-0.05, 0) is 22.0 Å². The molecular formula is C9H6BrNO4. The number of hydrogen-bond donors (Lipinski definition) is 2. The summed E-state index contributed by atoms with van der Waals surface area (Å²) in [7, 11) is 0. The highest BCUT2D eigenvalue weighted by Crippen LogP contribution is 2.35. The Morgan fingerprint density at radius 1 is 1.53 bits per heavy atom. The Labute approximate surface area is 93.6 Å². The van der Waals surface area contributed by atoms with Crippen LogP contribution < -0.4 is 0 Å². The number of halogens is 1. The molecule has 0 bridgehead atoms. The Morgan fingerprint density at radius 3 is 2.73 bits per heavy atom. The Bertz CT molecular complexity index is 461. The third kappa shape index (κ3) is 2.46. The molecule has 0 amide bonds. The highest BCUT2D eigenvalue weighted by atomic mass is 79.9. The first-order chi connectivity index (χ1) is 7.07. The third-order valence-electron chi connectivity index (χ3n) is 1.59. The summed E-state index contributed by atoms with van der Waals surface area (Å²) >= 11 is 2.90. The van der Waals surface area contributed by atoms with Crippen molar-refractivity contribution in [2.24, 2.45) is 0 Å². The number of phenolic OH excluding ortho intramolecular Hbond substituents is 1. The lowest BCUT2D eigenvalue weighted by Gasteiger charge is -2.00. The van der Waals surface area contributed by atoms with Gasteiger partial charge in [-0.15, -0.1) is 0 Å². The van der Waals surface area contributed by atoms with Gasteiger partial charge in [0, 0.05) is 6.07 Å². The highest BCUT2D eigenvalue weighted by molar-refractivity contribution is 9.10. The number of nitrogens with zero attached hydrogens (tertiary/aromatic N) is 1. The van der Waals surface area contributed by atoms with E-state index in [-0.39, 0.29) is 28.1 Å². The maximum atomic E-state index is 10.5. The Kier molecular flexibility index (Phi) is 3.66. The van der Waals surface area contributed by atoms with Crippen molar-refractivity contribution >= 4 is 21.6 Å². The van der Waals surface area contributed by atoms with Crippen molar-refractivity contribution in [3.05, 3.63) is 32.3 Å². The number of phenols is 1.